The largest absolute Gasteiger partial charge is 0.356 e. The Hall–Kier alpha value is -1.63. The number of hydrogen-bond donors (Lipinski definition) is 1. The Labute approximate surface area is 186 Å². The molecule has 4 heterocycles. The maximum absolute atomic E-state index is 12.5. The van der Waals surface area contributed by atoms with Crippen molar-refractivity contribution < 1.29 is 14.4 Å². The Morgan fingerprint density at radius 3 is 2.61 bits per heavy atom. The van der Waals surface area contributed by atoms with Gasteiger partial charge in [-0.2, -0.15) is 0 Å². The molecule has 1 N–H and O–H groups in total. The number of likely N-dealkylation sites (tertiary alicyclic amines) is 2. The van der Waals surface area contributed by atoms with Crippen LogP contribution in [0.2, 0.25) is 0 Å². The summed E-state index contributed by atoms with van der Waals surface area (Å²) < 4.78 is 0. The first-order chi connectivity index (χ1) is 15.0. The molecule has 0 aromatic heterocycles. The lowest BCUT2D eigenvalue weighted by atomic mass is 9.69. The molecular formula is C24H40N4O3. The summed E-state index contributed by atoms with van der Waals surface area (Å²) >= 11 is 0. The molecule has 4 aliphatic rings. The summed E-state index contributed by atoms with van der Waals surface area (Å²) in [5, 5.41) is 3.02. The van der Waals surface area contributed by atoms with Crippen LogP contribution in [0.25, 0.3) is 0 Å². The van der Waals surface area contributed by atoms with Crippen LogP contribution < -0.4 is 5.32 Å². The summed E-state index contributed by atoms with van der Waals surface area (Å²) in [6.07, 6.45) is 9.69. The van der Waals surface area contributed by atoms with Crippen molar-refractivity contribution in [1.29, 1.82) is 0 Å². The maximum atomic E-state index is 12.5. The van der Waals surface area contributed by atoms with Crippen molar-refractivity contribution in [2.45, 2.75) is 83.2 Å². The van der Waals surface area contributed by atoms with Crippen molar-refractivity contribution in [2.24, 2.45) is 11.8 Å². The van der Waals surface area contributed by atoms with Crippen LogP contribution in [0.15, 0.2) is 0 Å². The van der Waals surface area contributed by atoms with Crippen LogP contribution in [0.3, 0.4) is 0 Å². The van der Waals surface area contributed by atoms with Crippen LogP contribution in [-0.4, -0.2) is 83.8 Å². The molecule has 4 fully saturated rings. The highest BCUT2D eigenvalue weighted by atomic mass is 16.2. The highest BCUT2D eigenvalue weighted by Crippen LogP contribution is 2.43. The van der Waals surface area contributed by atoms with Crippen molar-refractivity contribution in [3.05, 3.63) is 0 Å². The first kappa shape index (κ1) is 22.6. The van der Waals surface area contributed by atoms with Crippen molar-refractivity contribution in [3.63, 3.8) is 0 Å². The van der Waals surface area contributed by atoms with Crippen LogP contribution in [0.5, 0.6) is 0 Å². The number of hydrogen-bond acceptors (Lipinski definition) is 4. The van der Waals surface area contributed by atoms with E-state index in [1.54, 1.807) is 6.92 Å². The summed E-state index contributed by atoms with van der Waals surface area (Å²) in [6.45, 7) is 7.29. The van der Waals surface area contributed by atoms with E-state index < -0.39 is 0 Å². The number of amides is 3. The average Bonchev–Trinajstić information content (AvgIpc) is 3.17. The Bertz CT molecular complexity index is 667. The molecule has 0 unspecified atom stereocenters. The molecule has 7 nitrogen and oxygen atoms in total. The van der Waals surface area contributed by atoms with Crippen molar-refractivity contribution in [2.75, 3.05) is 39.3 Å². The molecule has 0 aromatic rings. The van der Waals surface area contributed by atoms with E-state index in [0.29, 0.717) is 37.3 Å². The predicted octanol–water partition coefficient (Wildman–Crippen LogP) is 2.01. The van der Waals surface area contributed by atoms with E-state index in [1.807, 2.05) is 4.90 Å². The fraction of sp³-hybridized carbons (Fsp3) is 0.875. The van der Waals surface area contributed by atoms with Gasteiger partial charge in [-0.15, -0.1) is 0 Å². The zero-order chi connectivity index (χ0) is 21.8. The van der Waals surface area contributed by atoms with E-state index in [-0.39, 0.29) is 23.8 Å². The van der Waals surface area contributed by atoms with E-state index in [1.165, 1.54) is 38.8 Å². The van der Waals surface area contributed by atoms with Gasteiger partial charge in [0.2, 0.25) is 17.7 Å². The van der Waals surface area contributed by atoms with E-state index in [4.69, 9.17) is 0 Å². The molecule has 0 radical (unpaired) electrons. The summed E-state index contributed by atoms with van der Waals surface area (Å²) in [7, 11) is 0. The SMILES string of the molecule is CC(=O)N1C[C@@H]2CCCN3CCC[C@@H]([C@H]23)[C@H]1CCCC(=O)NCCCN1CCCC1=O. The summed E-state index contributed by atoms with van der Waals surface area (Å²) in [6, 6.07) is 0.929. The highest BCUT2D eigenvalue weighted by molar-refractivity contribution is 5.78. The van der Waals surface area contributed by atoms with Gasteiger partial charge < -0.3 is 15.1 Å². The van der Waals surface area contributed by atoms with Gasteiger partial charge in [0, 0.05) is 58.0 Å². The first-order valence-electron chi connectivity index (χ1n) is 12.6. The third-order valence-electron chi connectivity index (χ3n) is 8.08. The van der Waals surface area contributed by atoms with Crippen LogP contribution in [0.4, 0.5) is 0 Å². The topological polar surface area (TPSA) is 73.0 Å². The van der Waals surface area contributed by atoms with Gasteiger partial charge in [0.15, 0.2) is 0 Å². The van der Waals surface area contributed by atoms with Gasteiger partial charge in [0.1, 0.15) is 0 Å². The second-order valence-corrected chi connectivity index (χ2v) is 10.1. The quantitative estimate of drug-likeness (QED) is 0.596. The Kier molecular flexibility index (Phi) is 7.51. The zero-order valence-electron chi connectivity index (χ0n) is 19.2. The van der Waals surface area contributed by atoms with Crippen LogP contribution in [0.1, 0.15) is 71.1 Å². The molecule has 0 aliphatic carbocycles. The number of carbonyl (C=O) groups is 3. The van der Waals surface area contributed by atoms with Crippen LogP contribution in [-0.2, 0) is 14.4 Å². The second kappa shape index (κ2) is 10.3. The summed E-state index contributed by atoms with van der Waals surface area (Å²) in [5.74, 6) is 1.74. The number of carbonyl (C=O) groups excluding carboxylic acids is 3. The van der Waals surface area contributed by atoms with Gasteiger partial charge in [-0.05, 0) is 76.3 Å². The fourth-order valence-corrected chi connectivity index (χ4v) is 6.73. The predicted molar refractivity (Wildman–Crippen MR) is 119 cm³/mol. The lowest BCUT2D eigenvalue weighted by Crippen LogP contribution is -2.65. The van der Waals surface area contributed by atoms with Gasteiger partial charge in [-0.1, -0.05) is 0 Å². The second-order valence-electron chi connectivity index (χ2n) is 10.1. The number of piperidine rings is 3. The molecule has 31 heavy (non-hydrogen) atoms. The monoisotopic (exact) mass is 432 g/mol. The Morgan fingerprint density at radius 1 is 1.06 bits per heavy atom. The molecule has 4 rings (SSSR count). The molecule has 7 heteroatoms. The Balaban J connectivity index is 1.23. The van der Waals surface area contributed by atoms with Gasteiger partial charge >= 0.3 is 0 Å². The molecule has 0 spiro atoms. The zero-order valence-corrected chi connectivity index (χ0v) is 19.2. The fourth-order valence-electron chi connectivity index (χ4n) is 6.73. The summed E-state index contributed by atoms with van der Waals surface area (Å²) in [4.78, 5) is 43.2. The minimum Gasteiger partial charge on any atom is -0.356 e. The van der Waals surface area contributed by atoms with Crippen molar-refractivity contribution >= 4 is 17.7 Å². The number of nitrogens with zero attached hydrogens (tertiary/aromatic N) is 3. The minimum atomic E-state index is 0.0961. The van der Waals surface area contributed by atoms with E-state index >= 15 is 0 Å². The van der Waals surface area contributed by atoms with Gasteiger partial charge in [-0.3, -0.25) is 19.3 Å². The normalized spacial score (nSPS) is 30.9. The minimum absolute atomic E-state index is 0.0961. The highest BCUT2D eigenvalue weighted by Gasteiger charge is 2.48. The molecule has 4 saturated heterocycles. The molecular weight excluding hydrogens is 392 g/mol. The number of rotatable bonds is 8. The Morgan fingerprint density at radius 2 is 1.87 bits per heavy atom. The first-order valence-corrected chi connectivity index (χ1v) is 12.6. The van der Waals surface area contributed by atoms with Gasteiger partial charge in [0.25, 0.3) is 0 Å². The third-order valence-corrected chi connectivity index (χ3v) is 8.08. The average molecular weight is 433 g/mol. The lowest BCUT2D eigenvalue weighted by molar-refractivity contribution is -0.144. The third kappa shape index (κ3) is 5.24. The molecule has 3 amide bonds. The van der Waals surface area contributed by atoms with Crippen molar-refractivity contribution in [3.8, 4) is 0 Å². The van der Waals surface area contributed by atoms with Crippen molar-refractivity contribution in [1.82, 2.24) is 20.0 Å². The molecule has 4 atom stereocenters. The molecule has 0 bridgehead atoms. The lowest BCUT2D eigenvalue weighted by Gasteiger charge is -2.57. The maximum Gasteiger partial charge on any atom is 0.222 e. The van der Waals surface area contributed by atoms with E-state index in [2.05, 4.69) is 15.1 Å². The standard InChI is InChI=1S/C24H40N4O3/c1-18(29)28-17-19-7-3-14-27-15-4-8-20(24(19)27)21(28)9-2-10-22(30)25-12-6-16-26-13-5-11-23(26)31/h19-21,24H,2-17H2,1H3,(H,25,30)/t19-,20+,21+,24-/m0/s1. The van der Waals surface area contributed by atoms with Gasteiger partial charge in [0.05, 0.1) is 0 Å². The van der Waals surface area contributed by atoms with Gasteiger partial charge in [-0.25, -0.2) is 0 Å². The van der Waals surface area contributed by atoms with E-state index in [0.717, 1.165) is 45.3 Å². The molecule has 0 aromatic carbocycles. The molecule has 0 saturated carbocycles. The van der Waals surface area contributed by atoms with Crippen LogP contribution in [0, 0.1) is 11.8 Å². The van der Waals surface area contributed by atoms with E-state index in [9.17, 15) is 14.4 Å². The molecule has 174 valence electrons. The smallest absolute Gasteiger partial charge is 0.222 e. The summed E-state index contributed by atoms with van der Waals surface area (Å²) in [5.41, 5.74) is 0. The molecule has 4 aliphatic heterocycles. The number of nitrogens with one attached hydrogen (secondary N) is 1. The van der Waals surface area contributed by atoms with Crippen LogP contribution >= 0.6 is 0 Å².